The van der Waals surface area contributed by atoms with Crippen LogP contribution in [0.15, 0.2) is 22.5 Å². The Morgan fingerprint density at radius 1 is 1.00 bits per heavy atom. The van der Waals surface area contributed by atoms with Gasteiger partial charge < -0.3 is 24.6 Å². The third-order valence-electron chi connectivity index (χ3n) is 5.90. The van der Waals surface area contributed by atoms with Gasteiger partial charge in [-0.3, -0.25) is 9.80 Å². The van der Waals surface area contributed by atoms with Crippen LogP contribution < -0.4 is 5.32 Å². The average molecular weight is 424 g/mol. The summed E-state index contributed by atoms with van der Waals surface area (Å²) < 4.78 is 16.8. The van der Waals surface area contributed by atoms with Crippen LogP contribution in [0.3, 0.4) is 0 Å². The van der Waals surface area contributed by atoms with Crippen molar-refractivity contribution in [2.45, 2.75) is 26.9 Å². The van der Waals surface area contributed by atoms with Gasteiger partial charge in [0.1, 0.15) is 6.10 Å². The van der Waals surface area contributed by atoms with E-state index in [0.717, 1.165) is 26.2 Å². The van der Waals surface area contributed by atoms with Gasteiger partial charge in [-0.05, 0) is 13.8 Å². The van der Waals surface area contributed by atoms with Crippen LogP contribution in [0, 0.1) is 5.92 Å². The largest absolute Gasteiger partial charge is 0.478 e. The van der Waals surface area contributed by atoms with Gasteiger partial charge in [-0.15, -0.1) is 0 Å². The smallest absolute Gasteiger partial charge is 0.336 e. The van der Waals surface area contributed by atoms with Crippen molar-refractivity contribution in [1.29, 1.82) is 0 Å². The Morgan fingerprint density at radius 2 is 1.47 bits per heavy atom. The second kappa shape index (κ2) is 10.4. The van der Waals surface area contributed by atoms with E-state index in [4.69, 9.17) is 14.2 Å². The molecule has 0 aromatic heterocycles. The molecule has 1 atom stereocenters. The van der Waals surface area contributed by atoms with E-state index in [0.29, 0.717) is 56.5 Å². The van der Waals surface area contributed by atoms with Gasteiger partial charge >= 0.3 is 11.9 Å². The maximum Gasteiger partial charge on any atom is 0.336 e. The minimum absolute atomic E-state index is 0.199. The van der Waals surface area contributed by atoms with E-state index in [1.165, 1.54) is 0 Å². The molecule has 3 aliphatic heterocycles. The molecule has 30 heavy (non-hydrogen) atoms. The number of rotatable bonds is 7. The van der Waals surface area contributed by atoms with E-state index in [1.54, 1.807) is 20.8 Å². The average Bonchev–Trinajstić information content (AvgIpc) is 2.68. The molecule has 2 N–H and O–H groups in total. The third kappa shape index (κ3) is 5.60. The highest BCUT2D eigenvalue weighted by atomic mass is 16.5. The number of carboxylic acid groups (broad SMARTS) is 1. The Labute approximate surface area is 177 Å². The standard InChI is InChI=1S/C21H33N3O6/c1-14-18(20(25)26)15(2)22-16(3)19(14)21(27)30-17(12-23-4-8-28-9-5-23)13-24-6-10-29-11-7-24/h14,17,22H,4-13H2,1-3H3,(H,25,26). The van der Waals surface area contributed by atoms with E-state index >= 15 is 0 Å². The summed E-state index contributed by atoms with van der Waals surface area (Å²) in [5.41, 5.74) is 1.78. The molecule has 9 heteroatoms. The number of carbonyl (C=O) groups excluding carboxylic acids is 1. The molecule has 0 bridgehead atoms. The Kier molecular flexibility index (Phi) is 7.87. The van der Waals surface area contributed by atoms with Gasteiger partial charge in [-0.2, -0.15) is 0 Å². The Bertz CT molecular complexity index is 688. The van der Waals surface area contributed by atoms with Crippen molar-refractivity contribution < 1.29 is 28.9 Å². The number of allylic oxidation sites excluding steroid dienone is 2. The molecule has 0 radical (unpaired) electrons. The van der Waals surface area contributed by atoms with E-state index in [-0.39, 0.29) is 11.7 Å². The number of dihydropyridines is 1. The van der Waals surface area contributed by atoms with Crippen molar-refractivity contribution in [1.82, 2.24) is 15.1 Å². The lowest BCUT2D eigenvalue weighted by Crippen LogP contribution is -2.48. The molecule has 168 valence electrons. The topological polar surface area (TPSA) is 101 Å². The molecule has 3 rings (SSSR count). The van der Waals surface area contributed by atoms with E-state index in [2.05, 4.69) is 15.1 Å². The fourth-order valence-corrected chi connectivity index (χ4v) is 4.38. The zero-order chi connectivity index (χ0) is 21.7. The zero-order valence-electron chi connectivity index (χ0n) is 18.1. The number of hydrogen-bond acceptors (Lipinski definition) is 8. The molecule has 0 aromatic rings. The first-order valence-corrected chi connectivity index (χ1v) is 10.6. The summed E-state index contributed by atoms with van der Waals surface area (Å²) in [5, 5.41) is 12.6. The van der Waals surface area contributed by atoms with Crippen molar-refractivity contribution in [3.63, 3.8) is 0 Å². The third-order valence-corrected chi connectivity index (χ3v) is 5.90. The first kappa shape index (κ1) is 22.7. The number of aliphatic carboxylic acids is 1. The quantitative estimate of drug-likeness (QED) is 0.565. The molecule has 0 aliphatic carbocycles. The number of hydrogen-bond donors (Lipinski definition) is 2. The molecule has 3 heterocycles. The van der Waals surface area contributed by atoms with Crippen molar-refractivity contribution in [2.24, 2.45) is 5.92 Å². The van der Waals surface area contributed by atoms with Crippen molar-refractivity contribution >= 4 is 11.9 Å². The predicted octanol–water partition coefficient (Wildman–Crippen LogP) is 0.435. The van der Waals surface area contributed by atoms with Crippen molar-refractivity contribution in [2.75, 3.05) is 65.7 Å². The maximum absolute atomic E-state index is 13.2. The maximum atomic E-state index is 13.2. The molecule has 1 unspecified atom stereocenters. The molecule has 2 saturated heterocycles. The number of esters is 1. The normalized spacial score (nSPS) is 24.2. The van der Waals surface area contributed by atoms with Gasteiger partial charge in [0.25, 0.3) is 0 Å². The summed E-state index contributed by atoms with van der Waals surface area (Å²) in [6.45, 7) is 12.4. The van der Waals surface area contributed by atoms with Gasteiger partial charge in [0.2, 0.25) is 0 Å². The lowest BCUT2D eigenvalue weighted by atomic mass is 9.87. The van der Waals surface area contributed by atoms with E-state index in [9.17, 15) is 14.7 Å². The van der Waals surface area contributed by atoms with Crippen LogP contribution in [-0.2, 0) is 23.8 Å². The molecule has 0 amide bonds. The summed E-state index contributed by atoms with van der Waals surface area (Å²) in [5.74, 6) is -2.02. The summed E-state index contributed by atoms with van der Waals surface area (Å²) in [6.07, 6.45) is -0.318. The lowest BCUT2D eigenvalue weighted by molar-refractivity contribution is -0.148. The molecule has 3 aliphatic rings. The highest BCUT2D eigenvalue weighted by Crippen LogP contribution is 2.30. The van der Waals surface area contributed by atoms with Gasteiger partial charge in [0.05, 0.1) is 37.6 Å². The van der Waals surface area contributed by atoms with Crippen LogP contribution >= 0.6 is 0 Å². The minimum Gasteiger partial charge on any atom is -0.478 e. The first-order valence-electron chi connectivity index (χ1n) is 10.6. The zero-order valence-corrected chi connectivity index (χ0v) is 18.1. The molecule has 9 nitrogen and oxygen atoms in total. The van der Waals surface area contributed by atoms with E-state index in [1.807, 2.05) is 0 Å². The molecular weight excluding hydrogens is 390 g/mol. The van der Waals surface area contributed by atoms with Gasteiger partial charge in [-0.1, -0.05) is 6.92 Å². The molecule has 0 aromatic carbocycles. The molecule has 2 fully saturated rings. The van der Waals surface area contributed by atoms with Crippen LogP contribution in [0.25, 0.3) is 0 Å². The first-order chi connectivity index (χ1) is 14.4. The van der Waals surface area contributed by atoms with Gasteiger partial charge in [-0.25, -0.2) is 9.59 Å². The molecule has 0 spiro atoms. The Morgan fingerprint density at radius 3 is 1.93 bits per heavy atom. The number of nitrogens with one attached hydrogen (secondary N) is 1. The number of nitrogens with zero attached hydrogens (tertiary/aromatic N) is 2. The lowest BCUT2D eigenvalue weighted by Gasteiger charge is -2.35. The molecular formula is C21H33N3O6. The number of ether oxygens (including phenoxy) is 3. The van der Waals surface area contributed by atoms with Crippen molar-refractivity contribution in [3.05, 3.63) is 22.5 Å². The summed E-state index contributed by atoms with van der Waals surface area (Å²) in [7, 11) is 0. The Balaban J connectivity index is 1.72. The Hall–Kier alpha value is -1.94. The SMILES string of the molecule is CC1=C(C(=O)O)C(C)C(C(=O)OC(CN2CCOCC2)CN2CCOCC2)=C(C)N1. The summed E-state index contributed by atoms with van der Waals surface area (Å²) in [4.78, 5) is 29.4. The monoisotopic (exact) mass is 423 g/mol. The summed E-state index contributed by atoms with van der Waals surface area (Å²) in [6, 6.07) is 0. The van der Waals surface area contributed by atoms with E-state index < -0.39 is 17.9 Å². The fourth-order valence-electron chi connectivity index (χ4n) is 4.38. The molecule has 0 saturated carbocycles. The number of morpholine rings is 2. The predicted molar refractivity (Wildman–Crippen MR) is 110 cm³/mol. The fraction of sp³-hybridized carbons (Fsp3) is 0.714. The highest BCUT2D eigenvalue weighted by molar-refractivity contribution is 5.97. The second-order valence-corrected chi connectivity index (χ2v) is 8.08. The second-order valence-electron chi connectivity index (χ2n) is 8.08. The summed E-state index contributed by atoms with van der Waals surface area (Å²) >= 11 is 0. The van der Waals surface area contributed by atoms with Crippen LogP contribution in [0.5, 0.6) is 0 Å². The van der Waals surface area contributed by atoms with Crippen LogP contribution in [-0.4, -0.2) is 98.6 Å². The number of carbonyl (C=O) groups is 2. The van der Waals surface area contributed by atoms with Crippen LogP contribution in [0.1, 0.15) is 20.8 Å². The van der Waals surface area contributed by atoms with Crippen LogP contribution in [0.2, 0.25) is 0 Å². The minimum atomic E-state index is -1.02. The van der Waals surface area contributed by atoms with Gasteiger partial charge in [0.15, 0.2) is 0 Å². The van der Waals surface area contributed by atoms with Crippen LogP contribution in [0.4, 0.5) is 0 Å². The highest BCUT2D eigenvalue weighted by Gasteiger charge is 2.34. The van der Waals surface area contributed by atoms with Gasteiger partial charge in [0, 0.05) is 56.6 Å². The van der Waals surface area contributed by atoms with Crippen molar-refractivity contribution in [3.8, 4) is 0 Å². The number of carboxylic acids is 1.